The Morgan fingerprint density at radius 2 is 1.69 bits per heavy atom. The van der Waals surface area contributed by atoms with Crippen LogP contribution in [0.5, 0.6) is 5.75 Å². The summed E-state index contributed by atoms with van der Waals surface area (Å²) in [7, 11) is 0. The Morgan fingerprint density at radius 3 is 2.41 bits per heavy atom. The minimum atomic E-state index is -0.514. The van der Waals surface area contributed by atoms with Crippen molar-refractivity contribution in [3.8, 4) is 5.75 Å². The lowest BCUT2D eigenvalue weighted by molar-refractivity contribution is -0.384. The quantitative estimate of drug-likeness (QED) is 0.0424. The van der Waals surface area contributed by atoms with Crippen LogP contribution in [0.4, 0.5) is 10.5 Å². The SMILES string of the molecule is CC(C)CCC[C@@H](C)[C@H]1CC[C@H]2[C@@H]3CC=C4C[C@@H](OC(=O)NCCOCCOCCC(=O)Oc5ccc([N+](=O)[O-])cc5)CC[C@]4(C)[C@H]3CC[C@]12C. The fraction of sp³-hybridized carbons (Fsp3) is 0.756. The molecule has 1 amide bonds. The summed E-state index contributed by atoms with van der Waals surface area (Å²) in [6.07, 6.45) is 15.8. The van der Waals surface area contributed by atoms with Gasteiger partial charge in [0.15, 0.2) is 0 Å². The third kappa shape index (κ3) is 9.72. The molecule has 0 aliphatic heterocycles. The third-order valence-electron chi connectivity index (χ3n) is 13.2. The minimum absolute atomic E-state index is 0.0430. The van der Waals surface area contributed by atoms with Crippen LogP contribution < -0.4 is 10.1 Å². The van der Waals surface area contributed by atoms with Crippen LogP contribution in [0.25, 0.3) is 0 Å². The Morgan fingerprint density at radius 1 is 0.941 bits per heavy atom. The van der Waals surface area contributed by atoms with Crippen molar-refractivity contribution >= 4 is 17.7 Å². The maximum atomic E-state index is 12.6. The van der Waals surface area contributed by atoms with Crippen molar-refractivity contribution in [1.29, 1.82) is 0 Å². The first-order valence-electron chi connectivity index (χ1n) is 19.6. The highest BCUT2D eigenvalue weighted by Crippen LogP contribution is 2.67. The molecule has 8 atom stereocenters. The van der Waals surface area contributed by atoms with Gasteiger partial charge < -0.3 is 24.3 Å². The number of carbonyl (C=O) groups excluding carboxylic acids is 2. The highest BCUT2D eigenvalue weighted by molar-refractivity contribution is 5.72. The van der Waals surface area contributed by atoms with Gasteiger partial charge in [-0.3, -0.25) is 14.9 Å². The summed E-state index contributed by atoms with van der Waals surface area (Å²) in [5, 5.41) is 13.5. The molecule has 10 nitrogen and oxygen atoms in total. The van der Waals surface area contributed by atoms with Gasteiger partial charge in [-0.1, -0.05) is 65.5 Å². The Kier molecular flexibility index (Phi) is 13.6. The predicted octanol–water partition coefficient (Wildman–Crippen LogP) is 9.06. The second-order valence-corrected chi connectivity index (χ2v) is 16.7. The highest BCUT2D eigenvalue weighted by atomic mass is 16.6. The van der Waals surface area contributed by atoms with E-state index < -0.39 is 17.0 Å². The average Bonchev–Trinajstić information content (AvgIpc) is 3.45. The van der Waals surface area contributed by atoms with Gasteiger partial charge in [0.2, 0.25) is 0 Å². The fourth-order valence-corrected chi connectivity index (χ4v) is 10.5. The number of hydrogen-bond donors (Lipinski definition) is 1. The number of benzene rings is 1. The summed E-state index contributed by atoms with van der Waals surface area (Å²) in [5.74, 6) is 4.64. The molecule has 51 heavy (non-hydrogen) atoms. The molecule has 0 radical (unpaired) electrons. The molecule has 1 aromatic rings. The van der Waals surface area contributed by atoms with E-state index in [2.05, 4.69) is 46.0 Å². The first-order chi connectivity index (χ1) is 24.4. The number of nitro groups is 1. The van der Waals surface area contributed by atoms with E-state index in [1.54, 1.807) is 0 Å². The third-order valence-corrected chi connectivity index (χ3v) is 13.2. The number of carbonyl (C=O) groups is 2. The van der Waals surface area contributed by atoms with Crippen molar-refractivity contribution in [2.24, 2.45) is 46.3 Å². The Hall–Kier alpha value is -2.98. The number of esters is 1. The van der Waals surface area contributed by atoms with E-state index in [9.17, 15) is 19.7 Å². The fourth-order valence-electron chi connectivity index (χ4n) is 10.5. The molecule has 0 spiro atoms. The summed E-state index contributed by atoms with van der Waals surface area (Å²) in [6.45, 7) is 13.9. The summed E-state index contributed by atoms with van der Waals surface area (Å²) >= 11 is 0. The van der Waals surface area contributed by atoms with Gasteiger partial charge in [0.1, 0.15) is 11.9 Å². The molecule has 0 unspecified atom stereocenters. The van der Waals surface area contributed by atoms with Crippen molar-refractivity contribution in [2.45, 2.75) is 118 Å². The summed E-state index contributed by atoms with van der Waals surface area (Å²) < 4.78 is 22.0. The first kappa shape index (κ1) is 39.2. The van der Waals surface area contributed by atoms with E-state index in [4.69, 9.17) is 18.9 Å². The number of hydrogen-bond acceptors (Lipinski definition) is 8. The summed E-state index contributed by atoms with van der Waals surface area (Å²) in [4.78, 5) is 34.8. The van der Waals surface area contributed by atoms with Gasteiger partial charge in [0.25, 0.3) is 5.69 Å². The number of allylic oxidation sites excluding steroid dienone is 1. The van der Waals surface area contributed by atoms with Crippen LogP contribution in [0, 0.1) is 56.5 Å². The van der Waals surface area contributed by atoms with E-state index in [0.717, 1.165) is 54.8 Å². The zero-order valence-electron chi connectivity index (χ0n) is 31.7. The molecule has 0 saturated heterocycles. The maximum absolute atomic E-state index is 12.6. The van der Waals surface area contributed by atoms with Gasteiger partial charge >= 0.3 is 12.1 Å². The zero-order chi connectivity index (χ0) is 36.6. The molecule has 5 rings (SSSR count). The molecule has 0 aromatic heterocycles. The van der Waals surface area contributed by atoms with Crippen molar-refractivity contribution in [3.63, 3.8) is 0 Å². The number of ether oxygens (including phenoxy) is 4. The number of nitrogens with zero attached hydrogens (tertiary/aromatic N) is 1. The van der Waals surface area contributed by atoms with Crippen molar-refractivity contribution in [3.05, 3.63) is 46.0 Å². The van der Waals surface area contributed by atoms with E-state index in [-0.39, 0.29) is 36.0 Å². The smallest absolute Gasteiger partial charge is 0.407 e. The molecule has 284 valence electrons. The second kappa shape index (κ2) is 17.7. The number of non-ortho nitro benzene ring substituents is 1. The van der Waals surface area contributed by atoms with Crippen LogP contribution in [-0.2, 0) is 19.0 Å². The molecular formula is C41H62N2O8. The topological polar surface area (TPSA) is 126 Å². The second-order valence-electron chi connectivity index (χ2n) is 16.7. The number of alkyl carbamates (subject to hydrolysis) is 1. The molecule has 0 bridgehead atoms. The van der Waals surface area contributed by atoms with Crippen LogP contribution in [0.3, 0.4) is 0 Å². The minimum Gasteiger partial charge on any atom is -0.446 e. The monoisotopic (exact) mass is 710 g/mol. The molecule has 4 aliphatic rings. The molecule has 1 N–H and O–H groups in total. The summed E-state index contributed by atoms with van der Waals surface area (Å²) in [6, 6.07) is 5.32. The molecule has 4 aliphatic carbocycles. The lowest BCUT2D eigenvalue weighted by atomic mass is 9.47. The lowest BCUT2D eigenvalue weighted by Crippen LogP contribution is -2.51. The first-order valence-corrected chi connectivity index (χ1v) is 19.6. The van der Waals surface area contributed by atoms with Gasteiger partial charge in [-0.2, -0.15) is 0 Å². The number of nitrogens with one attached hydrogen (secondary N) is 1. The van der Waals surface area contributed by atoms with Gasteiger partial charge in [-0.15, -0.1) is 0 Å². The lowest BCUT2D eigenvalue weighted by Gasteiger charge is -2.58. The van der Waals surface area contributed by atoms with E-state index in [1.165, 1.54) is 81.2 Å². The molecule has 3 saturated carbocycles. The standard InChI is InChI=1S/C41H62N2O8/c1-28(2)7-6-8-29(3)35-15-16-36-34-14-9-30-27-33(17-20-40(30,4)37(34)18-21-41(35,36)5)51-39(45)42-22-24-49-26-25-48-23-19-38(44)50-32-12-10-31(11-13-32)43(46)47/h9-13,28-29,33-37H,6-8,14-27H2,1-5H3,(H,42,45)/t29-,33+,34+,35-,36+,37+,40+,41-/m1/s1. The van der Waals surface area contributed by atoms with Gasteiger partial charge in [-0.25, -0.2) is 4.79 Å². The molecular weight excluding hydrogens is 648 g/mol. The van der Waals surface area contributed by atoms with Crippen LogP contribution in [0.2, 0.25) is 0 Å². The Labute approximate surface area is 304 Å². The van der Waals surface area contributed by atoms with Gasteiger partial charge in [0.05, 0.1) is 37.8 Å². The average molecular weight is 711 g/mol. The molecule has 3 fully saturated rings. The van der Waals surface area contributed by atoms with E-state index in [1.807, 2.05) is 0 Å². The Balaban J connectivity index is 0.956. The molecule has 10 heteroatoms. The van der Waals surface area contributed by atoms with Gasteiger partial charge in [0, 0.05) is 25.1 Å². The highest BCUT2D eigenvalue weighted by Gasteiger charge is 2.59. The number of amides is 1. The summed E-state index contributed by atoms with van der Waals surface area (Å²) in [5.41, 5.74) is 2.17. The van der Waals surface area contributed by atoms with Crippen LogP contribution >= 0.6 is 0 Å². The van der Waals surface area contributed by atoms with Crippen molar-refractivity contribution in [2.75, 3.05) is 33.0 Å². The van der Waals surface area contributed by atoms with E-state index >= 15 is 0 Å². The van der Waals surface area contributed by atoms with Crippen LogP contribution in [0.1, 0.15) is 112 Å². The number of rotatable bonds is 17. The number of nitro benzene ring substituents is 1. The molecule has 0 heterocycles. The number of fused-ring (bicyclic) bond motifs is 5. The maximum Gasteiger partial charge on any atom is 0.407 e. The normalized spacial score (nSPS) is 30.4. The van der Waals surface area contributed by atoms with Crippen molar-refractivity contribution < 1.29 is 33.5 Å². The Bertz CT molecular complexity index is 1360. The zero-order valence-corrected chi connectivity index (χ0v) is 31.7. The van der Waals surface area contributed by atoms with E-state index in [0.29, 0.717) is 31.8 Å². The van der Waals surface area contributed by atoms with Crippen LogP contribution in [0.15, 0.2) is 35.9 Å². The predicted molar refractivity (Wildman–Crippen MR) is 196 cm³/mol. The van der Waals surface area contributed by atoms with Crippen LogP contribution in [-0.4, -0.2) is 56.1 Å². The molecule has 1 aromatic carbocycles. The van der Waals surface area contributed by atoms with Gasteiger partial charge in [-0.05, 0) is 103 Å². The van der Waals surface area contributed by atoms with Crippen molar-refractivity contribution in [1.82, 2.24) is 5.32 Å². The largest absolute Gasteiger partial charge is 0.446 e.